The Kier molecular flexibility index (Phi) is 8.28. The third kappa shape index (κ3) is 6.64. The average molecular weight is 580 g/mol. The van der Waals surface area contributed by atoms with Gasteiger partial charge < -0.3 is 40.1 Å². The fourth-order valence-corrected chi connectivity index (χ4v) is 6.57. The molecule has 4 unspecified atom stereocenters. The summed E-state index contributed by atoms with van der Waals surface area (Å²) in [6.07, 6.45) is -4.81. The maximum Gasteiger partial charge on any atom is 0.490 e. The van der Waals surface area contributed by atoms with E-state index in [9.17, 15) is 33.0 Å². The molecule has 0 aromatic carbocycles. The summed E-state index contributed by atoms with van der Waals surface area (Å²) >= 11 is 0. The minimum atomic E-state index is -5.74. The van der Waals surface area contributed by atoms with Gasteiger partial charge in [0.25, 0.3) is 0 Å². The second kappa shape index (κ2) is 10.3. The first kappa shape index (κ1) is 29.0. The van der Waals surface area contributed by atoms with E-state index in [2.05, 4.69) is 28.1 Å². The van der Waals surface area contributed by atoms with Gasteiger partial charge in [0.2, 0.25) is 5.95 Å². The molecule has 1 fully saturated rings. The summed E-state index contributed by atoms with van der Waals surface area (Å²) in [5, 5.41) is 10.7. The normalized spacial score (nSPS) is 27.0. The lowest BCUT2D eigenvalue weighted by Crippen LogP contribution is -2.34. The van der Waals surface area contributed by atoms with Crippen molar-refractivity contribution in [1.82, 2.24) is 19.5 Å². The number of alkyl halides is 1. The molecule has 204 valence electrons. The molecule has 0 bridgehead atoms. The average Bonchev–Trinajstić information content (AvgIpc) is 3.23. The molecule has 1 aliphatic heterocycles. The maximum absolute atomic E-state index is 14.5. The monoisotopic (exact) mass is 580 g/mol. The van der Waals surface area contributed by atoms with Crippen molar-refractivity contribution in [3.63, 3.8) is 0 Å². The fourth-order valence-electron chi connectivity index (χ4n) is 3.54. The van der Waals surface area contributed by atoms with Gasteiger partial charge in [0.15, 0.2) is 17.0 Å². The zero-order chi connectivity index (χ0) is 27.2. The van der Waals surface area contributed by atoms with E-state index in [-0.39, 0.29) is 17.1 Å². The number of nitrogens with zero attached hydrogens (tertiary/aromatic N) is 5. The number of fused-ring (bicyclic) bond motifs is 1. The van der Waals surface area contributed by atoms with Gasteiger partial charge in [0.05, 0.1) is 25.0 Å². The Balaban J connectivity index is 1.83. The van der Waals surface area contributed by atoms with Crippen LogP contribution in [0.3, 0.4) is 0 Å². The van der Waals surface area contributed by atoms with Gasteiger partial charge >= 0.3 is 23.5 Å². The lowest BCUT2D eigenvalue weighted by molar-refractivity contribution is -0.0461. The molecule has 2 aromatic rings. The number of halogens is 1. The minimum absolute atomic E-state index is 0.124. The Labute approximate surface area is 202 Å². The standard InChI is InChI=1S/C14H24FN6O12P3/c1-6(15)8-10(22)7(4-30-35(26,27)33-36(28,29)32-34(23,24)25)31-13(8)21-5-17-9-11(20(2)3)18-14(16)19-12(9)21/h5-8,10,13,22H,4H2,1-3H3,(H,26,27)(H,28,29)(H2,16,18,19)(H2,23,24,25)/t6?,7-,8?,10-,13-/m1/s1. The highest BCUT2D eigenvalue weighted by molar-refractivity contribution is 7.66. The number of ether oxygens (including phenoxy) is 1. The van der Waals surface area contributed by atoms with E-state index in [4.69, 9.17) is 20.3 Å². The topological polar surface area (TPSA) is 262 Å². The van der Waals surface area contributed by atoms with Crippen molar-refractivity contribution in [2.24, 2.45) is 5.92 Å². The van der Waals surface area contributed by atoms with Crippen LogP contribution in [0.4, 0.5) is 16.2 Å². The van der Waals surface area contributed by atoms with Crippen LogP contribution in [0.2, 0.25) is 0 Å². The molecule has 0 aliphatic carbocycles. The van der Waals surface area contributed by atoms with Gasteiger partial charge in [-0.3, -0.25) is 9.09 Å². The number of aromatic nitrogens is 4. The molecule has 0 spiro atoms. The second-order valence-electron chi connectivity index (χ2n) is 7.82. The van der Waals surface area contributed by atoms with Gasteiger partial charge in [-0.25, -0.2) is 23.1 Å². The zero-order valence-electron chi connectivity index (χ0n) is 18.8. The number of nitrogens with two attached hydrogens (primary N) is 1. The summed E-state index contributed by atoms with van der Waals surface area (Å²) in [4.78, 5) is 50.1. The fraction of sp³-hybridized carbons (Fsp3) is 0.643. The molecule has 3 heterocycles. The van der Waals surface area contributed by atoms with Crippen molar-refractivity contribution in [3.8, 4) is 0 Å². The largest absolute Gasteiger partial charge is 0.490 e. The van der Waals surface area contributed by atoms with Gasteiger partial charge in [-0.15, -0.1) is 0 Å². The molecule has 1 aliphatic rings. The summed E-state index contributed by atoms with van der Waals surface area (Å²) in [7, 11) is -13.4. The molecule has 36 heavy (non-hydrogen) atoms. The molecule has 7 N–H and O–H groups in total. The first-order valence-corrected chi connectivity index (χ1v) is 14.4. The number of phosphoric acid groups is 3. The van der Waals surface area contributed by atoms with Crippen molar-refractivity contribution in [3.05, 3.63) is 6.33 Å². The van der Waals surface area contributed by atoms with Crippen LogP contribution < -0.4 is 10.6 Å². The lowest BCUT2D eigenvalue weighted by atomic mass is 9.95. The highest BCUT2D eigenvalue weighted by atomic mass is 31.3. The Morgan fingerprint density at radius 1 is 1.19 bits per heavy atom. The smallest absolute Gasteiger partial charge is 0.390 e. The van der Waals surface area contributed by atoms with Crippen molar-refractivity contribution in [1.29, 1.82) is 0 Å². The summed E-state index contributed by atoms with van der Waals surface area (Å²) in [5.41, 5.74) is 6.20. The van der Waals surface area contributed by atoms with Crippen LogP contribution in [-0.2, 0) is 31.6 Å². The van der Waals surface area contributed by atoms with Crippen LogP contribution in [0.15, 0.2) is 6.33 Å². The number of phosphoric ester groups is 1. The van der Waals surface area contributed by atoms with E-state index in [1.54, 1.807) is 19.0 Å². The van der Waals surface area contributed by atoms with Gasteiger partial charge in [-0.1, -0.05) is 0 Å². The Hall–Kier alpha value is -1.59. The Morgan fingerprint density at radius 2 is 1.83 bits per heavy atom. The zero-order valence-corrected chi connectivity index (χ0v) is 21.5. The third-order valence-electron chi connectivity index (χ3n) is 4.89. The number of aliphatic hydroxyl groups is 1. The van der Waals surface area contributed by atoms with Crippen LogP contribution in [0.25, 0.3) is 11.2 Å². The number of rotatable bonds is 10. The van der Waals surface area contributed by atoms with Crippen molar-refractivity contribution >= 4 is 46.4 Å². The van der Waals surface area contributed by atoms with E-state index in [1.165, 1.54) is 10.9 Å². The van der Waals surface area contributed by atoms with E-state index >= 15 is 0 Å². The molecule has 1 saturated heterocycles. The Morgan fingerprint density at radius 3 is 2.39 bits per heavy atom. The van der Waals surface area contributed by atoms with E-state index in [0.29, 0.717) is 5.82 Å². The molecule has 0 radical (unpaired) electrons. The van der Waals surface area contributed by atoms with Gasteiger partial charge in [0, 0.05) is 14.1 Å². The molecule has 22 heteroatoms. The van der Waals surface area contributed by atoms with Gasteiger partial charge in [-0.05, 0) is 6.92 Å². The molecule has 7 atom stereocenters. The Bertz CT molecular complexity index is 1260. The summed E-state index contributed by atoms with van der Waals surface area (Å²) in [6.45, 7) is 0.167. The molecular formula is C14H24FN6O12P3. The summed E-state index contributed by atoms with van der Waals surface area (Å²) in [6, 6.07) is 0. The number of hydrogen-bond donors (Lipinski definition) is 6. The first-order chi connectivity index (χ1) is 16.4. The van der Waals surface area contributed by atoms with Gasteiger partial charge in [-0.2, -0.15) is 18.6 Å². The van der Waals surface area contributed by atoms with E-state index < -0.39 is 60.6 Å². The number of anilines is 2. The summed E-state index contributed by atoms with van der Waals surface area (Å²) < 4.78 is 67.5. The molecule has 0 amide bonds. The second-order valence-corrected chi connectivity index (χ2v) is 12.2. The third-order valence-corrected chi connectivity index (χ3v) is 8.69. The predicted molar refractivity (Wildman–Crippen MR) is 118 cm³/mol. The van der Waals surface area contributed by atoms with Crippen LogP contribution >= 0.6 is 23.5 Å². The van der Waals surface area contributed by atoms with Crippen molar-refractivity contribution < 1.29 is 60.6 Å². The van der Waals surface area contributed by atoms with E-state index in [1.807, 2.05) is 0 Å². The van der Waals surface area contributed by atoms with Crippen LogP contribution in [0.1, 0.15) is 13.2 Å². The predicted octanol–water partition coefficient (Wildman–Crippen LogP) is 0.0503. The minimum Gasteiger partial charge on any atom is -0.390 e. The summed E-state index contributed by atoms with van der Waals surface area (Å²) in [5.74, 6) is -1.04. The lowest BCUT2D eigenvalue weighted by Gasteiger charge is -2.22. The highest BCUT2D eigenvalue weighted by Crippen LogP contribution is 2.66. The van der Waals surface area contributed by atoms with Crippen LogP contribution in [0, 0.1) is 5.92 Å². The van der Waals surface area contributed by atoms with Crippen molar-refractivity contribution in [2.75, 3.05) is 31.3 Å². The molecule has 18 nitrogen and oxygen atoms in total. The number of hydrogen-bond acceptors (Lipinski definition) is 13. The van der Waals surface area contributed by atoms with Crippen molar-refractivity contribution in [2.45, 2.75) is 31.5 Å². The number of aliphatic hydroxyl groups excluding tert-OH is 1. The number of nitrogen functional groups attached to an aromatic ring is 1. The molecule has 3 rings (SSSR count). The van der Waals surface area contributed by atoms with Gasteiger partial charge in [0.1, 0.15) is 18.5 Å². The SMILES string of the molecule is CC(F)C1[C@H](n2cnc3c(N(C)C)nc(N)nc32)O[C@H](COP(=O)(O)OP(=O)(O)OP(=O)(O)O)[C@H]1O. The van der Waals surface area contributed by atoms with Crippen LogP contribution in [-0.4, -0.2) is 83.3 Å². The van der Waals surface area contributed by atoms with E-state index in [0.717, 1.165) is 6.92 Å². The quantitative estimate of drug-likeness (QED) is 0.203. The maximum atomic E-state index is 14.5. The highest BCUT2D eigenvalue weighted by Gasteiger charge is 2.49. The van der Waals surface area contributed by atoms with Crippen LogP contribution in [0.5, 0.6) is 0 Å². The number of imidazole rings is 1. The first-order valence-electron chi connectivity index (χ1n) is 9.84. The molecule has 2 aromatic heterocycles. The molecular weight excluding hydrogens is 556 g/mol. The molecule has 0 saturated carbocycles.